The Bertz CT molecular complexity index is 292. The Kier molecular flexibility index (Phi) is 5.33. The maximum Gasteiger partial charge on any atom is 0.119 e. The predicted octanol–water partition coefficient (Wildman–Crippen LogP) is 3.32. The summed E-state index contributed by atoms with van der Waals surface area (Å²) in [7, 11) is 0. The van der Waals surface area contributed by atoms with Crippen molar-refractivity contribution in [1.82, 2.24) is 0 Å². The highest BCUT2D eigenvalue weighted by molar-refractivity contribution is 5.29. The molecule has 2 heteroatoms. The number of hydrogen-bond donors (Lipinski definition) is 1. The molecule has 2 N–H and O–H groups in total. The highest BCUT2D eigenvalue weighted by Crippen LogP contribution is 2.20. The predicted molar refractivity (Wildman–Crippen MR) is 68.9 cm³/mol. The molecule has 0 amide bonds. The van der Waals surface area contributed by atoms with Crippen LogP contribution in [0.5, 0.6) is 5.75 Å². The largest absolute Gasteiger partial charge is 0.490 e. The summed E-state index contributed by atoms with van der Waals surface area (Å²) in [6.07, 6.45) is 2.17. The van der Waals surface area contributed by atoms with Crippen LogP contribution < -0.4 is 10.5 Å². The summed E-state index contributed by atoms with van der Waals surface area (Å²) in [6, 6.07) is 8.37. The quantitative estimate of drug-likeness (QED) is 0.799. The molecule has 2 nitrogen and oxygen atoms in total. The summed E-state index contributed by atoms with van der Waals surface area (Å²) >= 11 is 0. The van der Waals surface area contributed by atoms with Crippen molar-refractivity contribution in [3.05, 3.63) is 29.8 Å². The van der Waals surface area contributed by atoms with Crippen LogP contribution in [-0.2, 0) is 0 Å². The van der Waals surface area contributed by atoms with E-state index < -0.39 is 0 Å². The van der Waals surface area contributed by atoms with E-state index in [0.717, 1.165) is 18.6 Å². The van der Waals surface area contributed by atoms with Gasteiger partial charge in [-0.25, -0.2) is 0 Å². The molecule has 1 atom stereocenters. The molecule has 1 aromatic rings. The summed E-state index contributed by atoms with van der Waals surface area (Å²) in [4.78, 5) is 0. The van der Waals surface area contributed by atoms with Gasteiger partial charge in [0.15, 0.2) is 0 Å². The Morgan fingerprint density at radius 3 is 2.25 bits per heavy atom. The molecule has 0 aliphatic carbocycles. The highest BCUT2D eigenvalue weighted by atomic mass is 16.5. The lowest BCUT2D eigenvalue weighted by Crippen LogP contribution is -2.19. The van der Waals surface area contributed by atoms with E-state index in [0.29, 0.717) is 12.5 Å². The molecule has 1 aromatic carbocycles. The van der Waals surface area contributed by atoms with Crippen LogP contribution in [0.25, 0.3) is 0 Å². The van der Waals surface area contributed by atoms with Crippen molar-refractivity contribution in [3.8, 4) is 5.75 Å². The van der Waals surface area contributed by atoms with E-state index in [9.17, 15) is 0 Å². The minimum Gasteiger partial charge on any atom is -0.490 e. The number of ether oxygens (including phenoxy) is 1. The molecule has 0 aliphatic rings. The average molecular weight is 221 g/mol. The molecule has 0 aliphatic heterocycles. The molecule has 0 aromatic heterocycles. The van der Waals surface area contributed by atoms with Gasteiger partial charge in [-0.05, 0) is 43.0 Å². The van der Waals surface area contributed by atoms with Gasteiger partial charge in [0.05, 0.1) is 6.10 Å². The van der Waals surface area contributed by atoms with E-state index in [1.807, 2.05) is 0 Å². The third-order valence-corrected chi connectivity index (χ3v) is 2.79. The zero-order chi connectivity index (χ0) is 12.0. The van der Waals surface area contributed by atoms with E-state index in [1.54, 1.807) is 0 Å². The molecule has 0 bridgehead atoms. The van der Waals surface area contributed by atoms with Crippen LogP contribution in [0, 0.1) is 0 Å². The fourth-order valence-corrected chi connectivity index (χ4v) is 1.66. The lowest BCUT2D eigenvalue weighted by Gasteiger charge is -2.17. The monoisotopic (exact) mass is 221 g/mol. The van der Waals surface area contributed by atoms with E-state index in [-0.39, 0.29) is 6.10 Å². The van der Waals surface area contributed by atoms with Crippen LogP contribution in [-0.4, -0.2) is 12.6 Å². The smallest absolute Gasteiger partial charge is 0.119 e. The first-order chi connectivity index (χ1) is 7.67. The van der Waals surface area contributed by atoms with Crippen molar-refractivity contribution in [3.63, 3.8) is 0 Å². The standard InChI is InChI=1S/C14H23NO/c1-4-13(9-10-15)16-14-7-5-12(6-8-14)11(2)3/h5-8,11,13H,4,9-10,15H2,1-3H3. The Morgan fingerprint density at radius 2 is 1.81 bits per heavy atom. The first kappa shape index (κ1) is 13.0. The molecule has 0 saturated carbocycles. The third kappa shape index (κ3) is 3.86. The molecule has 0 saturated heterocycles. The zero-order valence-corrected chi connectivity index (χ0v) is 10.6. The molecule has 1 rings (SSSR count). The second kappa shape index (κ2) is 6.54. The van der Waals surface area contributed by atoms with Gasteiger partial charge in [0.1, 0.15) is 5.75 Å². The minimum atomic E-state index is 0.245. The van der Waals surface area contributed by atoms with Crippen LogP contribution in [0.2, 0.25) is 0 Å². The molecule has 0 fully saturated rings. The second-order valence-electron chi connectivity index (χ2n) is 4.45. The summed E-state index contributed by atoms with van der Waals surface area (Å²) in [6.45, 7) is 7.20. The fourth-order valence-electron chi connectivity index (χ4n) is 1.66. The lowest BCUT2D eigenvalue weighted by molar-refractivity contribution is 0.189. The molecule has 16 heavy (non-hydrogen) atoms. The fraction of sp³-hybridized carbons (Fsp3) is 0.571. The van der Waals surface area contributed by atoms with Gasteiger partial charge in [0.25, 0.3) is 0 Å². The van der Waals surface area contributed by atoms with Crippen molar-refractivity contribution >= 4 is 0 Å². The van der Waals surface area contributed by atoms with E-state index >= 15 is 0 Å². The molecular formula is C14H23NO. The van der Waals surface area contributed by atoms with Crippen molar-refractivity contribution in [2.75, 3.05) is 6.54 Å². The maximum atomic E-state index is 5.86. The van der Waals surface area contributed by atoms with Crippen molar-refractivity contribution in [1.29, 1.82) is 0 Å². The van der Waals surface area contributed by atoms with Crippen molar-refractivity contribution in [2.24, 2.45) is 5.73 Å². The van der Waals surface area contributed by atoms with E-state index in [2.05, 4.69) is 45.0 Å². The molecular weight excluding hydrogens is 198 g/mol. The van der Waals surface area contributed by atoms with E-state index in [1.165, 1.54) is 5.56 Å². The number of nitrogens with two attached hydrogens (primary N) is 1. The summed E-state index contributed by atoms with van der Waals surface area (Å²) in [5, 5.41) is 0. The maximum absolute atomic E-state index is 5.86. The third-order valence-electron chi connectivity index (χ3n) is 2.79. The summed E-state index contributed by atoms with van der Waals surface area (Å²) in [5.41, 5.74) is 6.89. The Balaban J connectivity index is 2.60. The number of hydrogen-bond acceptors (Lipinski definition) is 2. The van der Waals surface area contributed by atoms with Crippen LogP contribution >= 0.6 is 0 Å². The second-order valence-corrected chi connectivity index (χ2v) is 4.45. The van der Waals surface area contributed by atoms with Crippen LogP contribution in [0.4, 0.5) is 0 Å². The van der Waals surface area contributed by atoms with Crippen LogP contribution in [0.1, 0.15) is 45.1 Å². The first-order valence-electron chi connectivity index (χ1n) is 6.14. The first-order valence-corrected chi connectivity index (χ1v) is 6.14. The zero-order valence-electron chi connectivity index (χ0n) is 10.6. The van der Waals surface area contributed by atoms with Crippen molar-refractivity contribution < 1.29 is 4.74 Å². The van der Waals surface area contributed by atoms with Gasteiger partial charge in [-0.2, -0.15) is 0 Å². The molecule has 0 spiro atoms. The highest BCUT2D eigenvalue weighted by Gasteiger charge is 2.07. The average Bonchev–Trinajstić information content (AvgIpc) is 2.29. The van der Waals surface area contributed by atoms with Gasteiger partial charge in [-0.1, -0.05) is 32.9 Å². The topological polar surface area (TPSA) is 35.2 Å². The summed E-state index contributed by atoms with van der Waals surface area (Å²) < 4.78 is 5.86. The van der Waals surface area contributed by atoms with E-state index in [4.69, 9.17) is 10.5 Å². The lowest BCUT2D eigenvalue weighted by atomic mass is 10.0. The molecule has 90 valence electrons. The normalized spacial score (nSPS) is 12.8. The van der Waals surface area contributed by atoms with Gasteiger partial charge < -0.3 is 10.5 Å². The van der Waals surface area contributed by atoms with Crippen LogP contribution in [0.3, 0.4) is 0 Å². The Labute approximate surface area is 98.8 Å². The Morgan fingerprint density at radius 1 is 1.19 bits per heavy atom. The van der Waals surface area contributed by atoms with Crippen LogP contribution in [0.15, 0.2) is 24.3 Å². The molecule has 1 unspecified atom stereocenters. The number of rotatable bonds is 6. The Hall–Kier alpha value is -1.02. The van der Waals surface area contributed by atoms with Gasteiger partial charge in [0.2, 0.25) is 0 Å². The van der Waals surface area contributed by atoms with Crippen molar-refractivity contribution in [2.45, 2.75) is 45.6 Å². The minimum absolute atomic E-state index is 0.245. The SMILES string of the molecule is CCC(CCN)Oc1ccc(C(C)C)cc1. The van der Waals surface area contributed by atoms with Gasteiger partial charge in [0, 0.05) is 0 Å². The molecule has 0 radical (unpaired) electrons. The van der Waals surface area contributed by atoms with Gasteiger partial charge in [-0.3, -0.25) is 0 Å². The number of benzene rings is 1. The molecule has 0 heterocycles. The van der Waals surface area contributed by atoms with Gasteiger partial charge >= 0.3 is 0 Å². The van der Waals surface area contributed by atoms with Gasteiger partial charge in [-0.15, -0.1) is 0 Å². The summed E-state index contributed by atoms with van der Waals surface area (Å²) in [5.74, 6) is 1.52.